The lowest BCUT2D eigenvalue weighted by atomic mass is 9.79. The minimum atomic E-state index is -1.96. The summed E-state index contributed by atoms with van der Waals surface area (Å²) in [6.45, 7) is 3.87. The Kier molecular flexibility index (Phi) is 6.11. The number of rotatable bonds is 7. The molecule has 28 heavy (non-hydrogen) atoms. The van der Waals surface area contributed by atoms with Crippen LogP contribution >= 0.6 is 0 Å². The van der Waals surface area contributed by atoms with E-state index in [2.05, 4.69) is 6.92 Å². The monoisotopic (exact) mass is 384 g/mol. The SMILES string of the molecule is CCCCCc1ccc2c(c1)C(=O)c1ccccc1C2(OO)OC(=O)OCC. The van der Waals surface area contributed by atoms with Gasteiger partial charge in [-0.05, 0) is 31.4 Å². The quantitative estimate of drug-likeness (QED) is 0.242. The third-order valence-electron chi connectivity index (χ3n) is 4.90. The van der Waals surface area contributed by atoms with Crippen LogP contribution < -0.4 is 0 Å². The lowest BCUT2D eigenvalue weighted by molar-refractivity contribution is -0.383. The van der Waals surface area contributed by atoms with E-state index < -0.39 is 11.9 Å². The van der Waals surface area contributed by atoms with Gasteiger partial charge in [0.1, 0.15) is 0 Å². The first-order valence-corrected chi connectivity index (χ1v) is 9.53. The summed E-state index contributed by atoms with van der Waals surface area (Å²) < 4.78 is 10.3. The van der Waals surface area contributed by atoms with Gasteiger partial charge in [0.15, 0.2) is 5.78 Å². The number of hydrogen-bond acceptors (Lipinski definition) is 6. The number of benzene rings is 2. The Labute approximate surface area is 164 Å². The Balaban J connectivity index is 2.12. The van der Waals surface area contributed by atoms with Crippen LogP contribution in [0.1, 0.15) is 65.7 Å². The third-order valence-corrected chi connectivity index (χ3v) is 4.90. The summed E-state index contributed by atoms with van der Waals surface area (Å²) in [6.07, 6.45) is 3.05. The van der Waals surface area contributed by atoms with E-state index in [1.807, 2.05) is 6.07 Å². The van der Waals surface area contributed by atoms with Gasteiger partial charge in [0.2, 0.25) is 0 Å². The fraction of sp³-hybridized carbons (Fsp3) is 0.364. The van der Waals surface area contributed by atoms with Gasteiger partial charge in [-0.1, -0.05) is 56.2 Å². The molecule has 6 nitrogen and oxygen atoms in total. The van der Waals surface area contributed by atoms with E-state index in [-0.39, 0.29) is 23.5 Å². The Bertz CT molecular complexity index is 875. The van der Waals surface area contributed by atoms with Gasteiger partial charge in [-0.15, -0.1) is 0 Å². The molecule has 0 heterocycles. The van der Waals surface area contributed by atoms with E-state index in [0.717, 1.165) is 31.2 Å². The van der Waals surface area contributed by atoms with Gasteiger partial charge < -0.3 is 9.47 Å². The van der Waals surface area contributed by atoms with Crippen molar-refractivity contribution in [2.45, 2.75) is 45.3 Å². The van der Waals surface area contributed by atoms with Gasteiger partial charge in [0.05, 0.1) is 6.61 Å². The number of hydrogen-bond donors (Lipinski definition) is 1. The normalized spacial score (nSPS) is 17.6. The summed E-state index contributed by atoms with van der Waals surface area (Å²) in [5, 5.41) is 9.84. The van der Waals surface area contributed by atoms with Crippen LogP contribution in [0.4, 0.5) is 4.79 Å². The zero-order chi connectivity index (χ0) is 20.1. The first kappa shape index (κ1) is 20.0. The van der Waals surface area contributed by atoms with Crippen LogP contribution in [0.3, 0.4) is 0 Å². The standard InChI is InChI=1S/C22H24O6/c1-3-5-6-9-15-12-13-19-17(14-15)20(23)16-10-7-8-11-18(16)22(19,28-25)27-21(24)26-4-2/h7-8,10-14,25H,3-6,9H2,1-2H3. The molecule has 0 bridgehead atoms. The first-order chi connectivity index (χ1) is 13.6. The highest BCUT2D eigenvalue weighted by atomic mass is 17.2. The molecule has 0 aromatic heterocycles. The second-order valence-corrected chi connectivity index (χ2v) is 6.70. The van der Waals surface area contributed by atoms with Crippen molar-refractivity contribution in [2.24, 2.45) is 0 Å². The molecule has 2 aromatic carbocycles. The lowest BCUT2D eigenvalue weighted by Gasteiger charge is -2.35. The molecule has 0 amide bonds. The second kappa shape index (κ2) is 8.54. The Morgan fingerprint density at radius 1 is 1.04 bits per heavy atom. The zero-order valence-corrected chi connectivity index (χ0v) is 16.1. The molecule has 1 aliphatic rings. The van der Waals surface area contributed by atoms with Crippen molar-refractivity contribution in [2.75, 3.05) is 6.61 Å². The summed E-state index contributed by atoms with van der Waals surface area (Å²) in [5.74, 6) is -2.17. The van der Waals surface area contributed by atoms with Crippen LogP contribution in [0.2, 0.25) is 0 Å². The van der Waals surface area contributed by atoms with Crippen molar-refractivity contribution < 1.29 is 29.2 Å². The highest BCUT2D eigenvalue weighted by molar-refractivity contribution is 6.13. The molecule has 0 radical (unpaired) electrons. The number of carbonyl (C=O) groups excluding carboxylic acids is 2. The first-order valence-electron chi connectivity index (χ1n) is 9.53. The summed E-state index contributed by atoms with van der Waals surface area (Å²) >= 11 is 0. The topological polar surface area (TPSA) is 82.1 Å². The van der Waals surface area contributed by atoms with E-state index in [0.29, 0.717) is 11.1 Å². The van der Waals surface area contributed by atoms with E-state index in [4.69, 9.17) is 14.4 Å². The van der Waals surface area contributed by atoms with Crippen LogP contribution in [-0.4, -0.2) is 23.8 Å². The van der Waals surface area contributed by atoms with Gasteiger partial charge in [0.25, 0.3) is 0 Å². The molecule has 1 N–H and O–H groups in total. The third kappa shape index (κ3) is 3.53. The Hall–Kier alpha value is -2.70. The molecule has 0 fully saturated rings. The van der Waals surface area contributed by atoms with Crippen molar-refractivity contribution in [1.29, 1.82) is 0 Å². The van der Waals surface area contributed by atoms with Gasteiger partial charge in [-0.2, -0.15) is 4.89 Å². The maximum atomic E-state index is 13.1. The fourth-order valence-corrected chi connectivity index (χ4v) is 3.55. The molecule has 1 atom stereocenters. The number of carbonyl (C=O) groups is 2. The van der Waals surface area contributed by atoms with E-state index in [9.17, 15) is 14.8 Å². The molecule has 0 spiro atoms. The van der Waals surface area contributed by atoms with Gasteiger partial charge in [0, 0.05) is 22.3 Å². The van der Waals surface area contributed by atoms with Gasteiger partial charge in [-0.25, -0.2) is 10.1 Å². The summed E-state index contributed by atoms with van der Waals surface area (Å²) in [6, 6.07) is 11.9. The lowest BCUT2D eigenvalue weighted by Crippen LogP contribution is -2.42. The molecule has 0 saturated carbocycles. The minimum absolute atomic E-state index is 0.101. The highest BCUT2D eigenvalue weighted by Gasteiger charge is 2.49. The maximum absolute atomic E-state index is 13.1. The van der Waals surface area contributed by atoms with Crippen LogP contribution in [0.15, 0.2) is 42.5 Å². The molecule has 0 aliphatic heterocycles. The van der Waals surface area contributed by atoms with Gasteiger partial charge in [-0.3, -0.25) is 4.79 Å². The van der Waals surface area contributed by atoms with Crippen molar-refractivity contribution in [3.8, 4) is 0 Å². The number of ether oxygens (including phenoxy) is 2. The molecule has 3 rings (SSSR count). The van der Waals surface area contributed by atoms with Gasteiger partial charge >= 0.3 is 11.9 Å². The predicted octanol–water partition coefficient (Wildman–Crippen LogP) is 4.83. The van der Waals surface area contributed by atoms with E-state index in [1.54, 1.807) is 43.3 Å². The van der Waals surface area contributed by atoms with E-state index in [1.165, 1.54) is 0 Å². The van der Waals surface area contributed by atoms with Crippen molar-refractivity contribution in [3.63, 3.8) is 0 Å². The molecule has 148 valence electrons. The van der Waals surface area contributed by atoms with Crippen molar-refractivity contribution in [1.82, 2.24) is 0 Å². The summed E-state index contributed by atoms with van der Waals surface area (Å²) in [4.78, 5) is 30.0. The number of aryl methyl sites for hydroxylation is 1. The number of ketones is 1. The largest absolute Gasteiger partial charge is 0.511 e. The Morgan fingerprint density at radius 2 is 1.79 bits per heavy atom. The number of unbranched alkanes of at least 4 members (excludes halogenated alkanes) is 2. The number of fused-ring (bicyclic) bond motifs is 2. The van der Waals surface area contributed by atoms with Crippen LogP contribution in [0.25, 0.3) is 0 Å². The molecule has 6 heteroatoms. The highest BCUT2D eigenvalue weighted by Crippen LogP contribution is 2.43. The Morgan fingerprint density at radius 3 is 2.50 bits per heavy atom. The average Bonchev–Trinajstić information content (AvgIpc) is 2.71. The smallest absolute Gasteiger partial charge is 0.435 e. The van der Waals surface area contributed by atoms with E-state index >= 15 is 0 Å². The maximum Gasteiger partial charge on any atom is 0.511 e. The molecule has 0 saturated heterocycles. The molecule has 2 aromatic rings. The summed E-state index contributed by atoms with van der Waals surface area (Å²) in [5.41, 5.74) is 2.17. The van der Waals surface area contributed by atoms with Crippen LogP contribution in [0.5, 0.6) is 0 Å². The molecular weight excluding hydrogens is 360 g/mol. The summed E-state index contributed by atoms with van der Waals surface area (Å²) in [7, 11) is 0. The van der Waals surface area contributed by atoms with Crippen molar-refractivity contribution in [3.05, 3.63) is 70.3 Å². The molecular formula is C22H24O6. The average molecular weight is 384 g/mol. The van der Waals surface area contributed by atoms with Crippen LogP contribution in [0, 0.1) is 0 Å². The molecule has 1 unspecified atom stereocenters. The molecule has 1 aliphatic carbocycles. The second-order valence-electron chi connectivity index (χ2n) is 6.70. The fourth-order valence-electron chi connectivity index (χ4n) is 3.55. The zero-order valence-electron chi connectivity index (χ0n) is 16.1. The predicted molar refractivity (Wildman–Crippen MR) is 102 cm³/mol. The minimum Gasteiger partial charge on any atom is -0.435 e. The van der Waals surface area contributed by atoms with Crippen molar-refractivity contribution >= 4 is 11.9 Å². The van der Waals surface area contributed by atoms with Crippen LogP contribution in [-0.2, 0) is 26.6 Å².